The first-order chi connectivity index (χ1) is 12.0. The van der Waals surface area contributed by atoms with E-state index in [-0.39, 0.29) is 5.91 Å². The highest BCUT2D eigenvalue weighted by Crippen LogP contribution is 2.26. The minimum Gasteiger partial charge on any atom is -0.362 e. The number of hydrogen-bond acceptors (Lipinski definition) is 2. The lowest BCUT2D eigenvalue weighted by atomic mass is 9.94. The fourth-order valence-corrected chi connectivity index (χ4v) is 3.56. The van der Waals surface area contributed by atoms with E-state index in [0.717, 1.165) is 24.9 Å². The molecular formula is C21H25ClN2O. The maximum absolute atomic E-state index is 12.7. The molecule has 0 radical (unpaired) electrons. The molecule has 0 fully saturated rings. The molecule has 2 aromatic carbocycles. The van der Waals surface area contributed by atoms with Crippen molar-refractivity contribution < 1.29 is 4.79 Å². The molecule has 3 nitrogen and oxygen atoms in total. The van der Waals surface area contributed by atoms with Crippen LogP contribution in [0.25, 0.3) is 0 Å². The number of nitrogens with one attached hydrogen (secondary N) is 1. The van der Waals surface area contributed by atoms with E-state index in [2.05, 4.69) is 28.4 Å². The highest BCUT2D eigenvalue weighted by molar-refractivity contribution is 6.30. The molecule has 0 saturated carbocycles. The number of halogens is 1. The molecule has 25 heavy (non-hydrogen) atoms. The number of carbonyl (C=O) groups is 1. The van der Waals surface area contributed by atoms with Crippen LogP contribution in [0, 0.1) is 0 Å². The molecule has 0 saturated heterocycles. The van der Waals surface area contributed by atoms with Crippen LogP contribution in [-0.2, 0) is 16.8 Å². The fourth-order valence-electron chi connectivity index (χ4n) is 3.43. The lowest BCUT2D eigenvalue weighted by Crippen LogP contribution is -2.46. The van der Waals surface area contributed by atoms with E-state index in [1.165, 1.54) is 17.7 Å². The molecule has 4 heteroatoms. The number of rotatable bonds is 4. The summed E-state index contributed by atoms with van der Waals surface area (Å²) in [6.07, 6.45) is 3.37. The maximum atomic E-state index is 12.7. The van der Waals surface area contributed by atoms with E-state index in [1.54, 1.807) is 0 Å². The first-order valence-corrected chi connectivity index (χ1v) is 9.23. The second kappa shape index (κ2) is 7.49. The summed E-state index contributed by atoms with van der Waals surface area (Å²) < 4.78 is 0. The van der Waals surface area contributed by atoms with Crippen LogP contribution in [-0.4, -0.2) is 19.0 Å². The first kappa shape index (κ1) is 17.8. The molecule has 0 bridgehead atoms. The van der Waals surface area contributed by atoms with Gasteiger partial charge in [-0.3, -0.25) is 4.79 Å². The van der Waals surface area contributed by atoms with Gasteiger partial charge in [0.15, 0.2) is 0 Å². The first-order valence-electron chi connectivity index (χ1n) is 8.85. The van der Waals surface area contributed by atoms with E-state index in [1.807, 2.05) is 44.2 Å². The third-order valence-electron chi connectivity index (χ3n) is 4.81. The molecule has 0 spiro atoms. The molecule has 0 unspecified atom stereocenters. The van der Waals surface area contributed by atoms with E-state index in [9.17, 15) is 4.79 Å². The highest BCUT2D eigenvalue weighted by Gasteiger charge is 2.25. The van der Waals surface area contributed by atoms with Gasteiger partial charge in [0.05, 0.1) is 12.1 Å². The summed E-state index contributed by atoms with van der Waals surface area (Å²) in [6, 6.07) is 16.1. The molecule has 0 atom stereocenters. The molecule has 0 aromatic heterocycles. The van der Waals surface area contributed by atoms with Crippen molar-refractivity contribution in [2.45, 2.75) is 38.6 Å². The molecule has 0 aliphatic carbocycles. The number of fused-ring (bicyclic) bond motifs is 1. The molecule has 1 amide bonds. The molecule has 2 aromatic rings. The molecule has 1 N–H and O–H groups in total. The average Bonchev–Trinajstić information content (AvgIpc) is 2.77. The van der Waals surface area contributed by atoms with E-state index in [4.69, 9.17) is 11.6 Å². The Morgan fingerprint density at radius 2 is 1.84 bits per heavy atom. The summed E-state index contributed by atoms with van der Waals surface area (Å²) >= 11 is 5.97. The number of benzene rings is 2. The molecule has 3 rings (SSSR count). The van der Waals surface area contributed by atoms with Gasteiger partial charge in [-0.05, 0) is 62.4 Å². The monoisotopic (exact) mass is 356 g/mol. The van der Waals surface area contributed by atoms with Gasteiger partial charge in [-0.1, -0.05) is 41.9 Å². The Hall–Kier alpha value is -2.00. The molecule has 1 aliphatic heterocycles. The number of amides is 1. The zero-order valence-corrected chi connectivity index (χ0v) is 15.6. The van der Waals surface area contributed by atoms with Gasteiger partial charge in [0, 0.05) is 17.3 Å². The topological polar surface area (TPSA) is 32.3 Å². The van der Waals surface area contributed by atoms with Gasteiger partial charge in [0.1, 0.15) is 0 Å². The largest absolute Gasteiger partial charge is 0.362 e. The number of hydrogen-bond donors (Lipinski definition) is 1. The summed E-state index contributed by atoms with van der Waals surface area (Å²) in [5.74, 6) is 0.0386. The average molecular weight is 357 g/mol. The predicted molar refractivity (Wildman–Crippen MR) is 104 cm³/mol. The van der Waals surface area contributed by atoms with Crippen LogP contribution in [0.3, 0.4) is 0 Å². The quantitative estimate of drug-likeness (QED) is 0.872. The summed E-state index contributed by atoms with van der Waals surface area (Å²) in [7, 11) is 0. The highest BCUT2D eigenvalue weighted by atomic mass is 35.5. The Kier molecular flexibility index (Phi) is 5.33. The third kappa shape index (κ3) is 4.35. The van der Waals surface area contributed by atoms with Gasteiger partial charge in [-0.25, -0.2) is 0 Å². The van der Waals surface area contributed by atoms with Crippen molar-refractivity contribution in [2.24, 2.45) is 0 Å². The van der Waals surface area contributed by atoms with Crippen molar-refractivity contribution in [1.82, 2.24) is 5.32 Å². The maximum Gasteiger partial charge on any atom is 0.240 e. The summed E-state index contributed by atoms with van der Waals surface area (Å²) in [4.78, 5) is 14.9. The van der Waals surface area contributed by atoms with Gasteiger partial charge >= 0.3 is 0 Å². The zero-order valence-electron chi connectivity index (χ0n) is 14.9. The Labute approximate surface area is 155 Å². The summed E-state index contributed by atoms with van der Waals surface area (Å²) in [5, 5.41) is 3.87. The van der Waals surface area contributed by atoms with Crippen LogP contribution >= 0.6 is 11.6 Å². The molecule has 1 aliphatic rings. The summed E-state index contributed by atoms with van der Waals surface area (Å²) in [6.45, 7) is 5.34. The second-order valence-corrected chi connectivity index (χ2v) is 7.62. The van der Waals surface area contributed by atoms with Crippen molar-refractivity contribution in [3.63, 3.8) is 0 Å². The van der Waals surface area contributed by atoms with Crippen LogP contribution in [0.2, 0.25) is 5.02 Å². The van der Waals surface area contributed by atoms with E-state index < -0.39 is 5.54 Å². The predicted octanol–water partition coefficient (Wildman–Crippen LogP) is 4.53. The third-order valence-corrected chi connectivity index (χ3v) is 5.06. The van der Waals surface area contributed by atoms with Crippen LogP contribution < -0.4 is 10.2 Å². The molecular weight excluding hydrogens is 332 g/mol. The molecule has 132 valence electrons. The van der Waals surface area contributed by atoms with Crippen molar-refractivity contribution in [2.75, 3.05) is 18.0 Å². The number of aryl methyl sites for hydroxylation is 1. The zero-order chi connectivity index (χ0) is 17.9. The lowest BCUT2D eigenvalue weighted by molar-refractivity contribution is -0.121. The van der Waals surface area contributed by atoms with Crippen LogP contribution in [0.5, 0.6) is 0 Å². The van der Waals surface area contributed by atoms with Crippen molar-refractivity contribution in [1.29, 1.82) is 0 Å². The normalized spacial score (nSPS) is 14.6. The van der Waals surface area contributed by atoms with Gasteiger partial charge in [0.25, 0.3) is 0 Å². The minimum absolute atomic E-state index is 0.0386. The Morgan fingerprint density at radius 3 is 2.60 bits per heavy atom. The van der Waals surface area contributed by atoms with Crippen LogP contribution in [0.1, 0.15) is 37.8 Å². The Bertz CT molecular complexity index is 740. The Balaban J connectivity index is 1.71. The van der Waals surface area contributed by atoms with Crippen molar-refractivity contribution in [3.05, 3.63) is 64.7 Å². The number of para-hydroxylation sites is 1. The smallest absolute Gasteiger partial charge is 0.240 e. The Morgan fingerprint density at radius 1 is 1.12 bits per heavy atom. The fraction of sp³-hybridized carbons (Fsp3) is 0.381. The second-order valence-electron chi connectivity index (χ2n) is 7.19. The van der Waals surface area contributed by atoms with Crippen LogP contribution in [0.15, 0.2) is 48.5 Å². The van der Waals surface area contributed by atoms with Gasteiger partial charge in [-0.15, -0.1) is 0 Å². The minimum atomic E-state index is -0.437. The van der Waals surface area contributed by atoms with E-state index >= 15 is 0 Å². The van der Waals surface area contributed by atoms with Gasteiger partial charge in [0.2, 0.25) is 5.91 Å². The van der Waals surface area contributed by atoms with Crippen molar-refractivity contribution >= 4 is 23.2 Å². The van der Waals surface area contributed by atoms with Gasteiger partial charge < -0.3 is 10.2 Å². The number of carbonyl (C=O) groups excluding carboxylic acids is 1. The standard InChI is InChI=1S/C21H25ClN2O/c1-21(2,17-10-12-18(22)13-11-17)23-20(25)15-24-14-6-5-8-16-7-3-4-9-19(16)24/h3-4,7,9-13H,5-6,8,14-15H2,1-2H3,(H,23,25). The van der Waals surface area contributed by atoms with Crippen molar-refractivity contribution in [3.8, 4) is 0 Å². The lowest BCUT2D eigenvalue weighted by Gasteiger charge is -2.30. The van der Waals surface area contributed by atoms with Crippen LogP contribution in [0.4, 0.5) is 5.69 Å². The number of anilines is 1. The van der Waals surface area contributed by atoms with E-state index in [0.29, 0.717) is 11.6 Å². The number of nitrogens with zero attached hydrogens (tertiary/aromatic N) is 1. The van der Waals surface area contributed by atoms with Gasteiger partial charge in [-0.2, -0.15) is 0 Å². The molecule has 1 heterocycles. The SMILES string of the molecule is CC(C)(NC(=O)CN1CCCCc2ccccc21)c1ccc(Cl)cc1. The summed E-state index contributed by atoms with van der Waals surface area (Å²) in [5.41, 5.74) is 3.14.